The number of carbonyl (C=O) groups excluding carboxylic acids is 2. The number of hydrogen-bond acceptors (Lipinski definition) is 3. The highest BCUT2D eigenvalue weighted by atomic mass is 35.5. The normalized spacial score (nSPS) is 11.6. The van der Waals surface area contributed by atoms with Crippen molar-refractivity contribution in [3.63, 3.8) is 0 Å². The lowest BCUT2D eigenvalue weighted by molar-refractivity contribution is -0.139. The van der Waals surface area contributed by atoms with Crippen LogP contribution >= 0.6 is 23.4 Å². The van der Waals surface area contributed by atoms with Crippen molar-refractivity contribution < 1.29 is 9.59 Å². The van der Waals surface area contributed by atoms with Crippen LogP contribution in [0.3, 0.4) is 0 Å². The number of amides is 2. The van der Waals surface area contributed by atoms with Crippen LogP contribution in [-0.2, 0) is 28.3 Å². The quantitative estimate of drug-likeness (QED) is 0.459. The van der Waals surface area contributed by atoms with Crippen LogP contribution in [0.2, 0.25) is 5.02 Å². The molecule has 0 aliphatic heterocycles. The molecule has 3 rings (SSSR count). The summed E-state index contributed by atoms with van der Waals surface area (Å²) in [7, 11) is 1.61. The average molecular weight is 467 g/mol. The van der Waals surface area contributed by atoms with Crippen LogP contribution in [0.25, 0.3) is 0 Å². The standard InChI is InChI=1S/C26H27ClN2O2S/c1-28-26(31)24(16-20-10-4-2-5-11-20)29(17-21-12-6-3-7-13-21)25(30)19-32-18-22-14-8-9-15-23(22)27/h2-15,24H,16-19H2,1H3,(H,28,31)/t24-/m0/s1. The number of nitrogens with zero attached hydrogens (tertiary/aromatic N) is 1. The zero-order chi connectivity index (χ0) is 22.8. The molecule has 32 heavy (non-hydrogen) atoms. The molecule has 0 spiro atoms. The topological polar surface area (TPSA) is 49.4 Å². The SMILES string of the molecule is CNC(=O)[C@H](Cc1ccccc1)N(Cc1ccccc1)C(=O)CSCc1ccccc1Cl. The van der Waals surface area contributed by atoms with Crippen LogP contribution in [0, 0.1) is 0 Å². The van der Waals surface area contributed by atoms with Gasteiger partial charge in [0, 0.05) is 30.8 Å². The maximum absolute atomic E-state index is 13.4. The number of likely N-dealkylation sites (N-methyl/N-ethyl adjacent to an activating group) is 1. The van der Waals surface area contributed by atoms with E-state index in [9.17, 15) is 9.59 Å². The Balaban J connectivity index is 1.79. The van der Waals surface area contributed by atoms with Gasteiger partial charge in [-0.25, -0.2) is 0 Å². The predicted octanol–water partition coefficient (Wildman–Crippen LogP) is 4.96. The molecule has 0 aliphatic carbocycles. The minimum Gasteiger partial charge on any atom is -0.357 e. The van der Waals surface area contributed by atoms with Gasteiger partial charge >= 0.3 is 0 Å². The van der Waals surface area contributed by atoms with Crippen molar-refractivity contribution in [3.05, 3.63) is 107 Å². The van der Waals surface area contributed by atoms with E-state index in [0.717, 1.165) is 16.7 Å². The molecule has 2 amide bonds. The summed E-state index contributed by atoms with van der Waals surface area (Å²) in [5.41, 5.74) is 2.99. The first-order valence-corrected chi connectivity index (χ1v) is 12.0. The second-order valence-corrected chi connectivity index (χ2v) is 8.80. The van der Waals surface area contributed by atoms with Crippen molar-refractivity contribution in [2.24, 2.45) is 0 Å². The second kappa shape index (κ2) is 12.3. The Labute approximate surface area is 199 Å². The van der Waals surface area contributed by atoms with Gasteiger partial charge in [-0.05, 0) is 22.8 Å². The molecule has 0 heterocycles. The minimum absolute atomic E-state index is 0.0737. The Kier molecular flexibility index (Phi) is 9.20. The minimum atomic E-state index is -0.601. The van der Waals surface area contributed by atoms with E-state index >= 15 is 0 Å². The van der Waals surface area contributed by atoms with Crippen LogP contribution in [0.15, 0.2) is 84.9 Å². The molecule has 166 valence electrons. The molecular formula is C26H27ClN2O2S. The van der Waals surface area contributed by atoms with Gasteiger partial charge in [0.25, 0.3) is 0 Å². The molecule has 3 aromatic carbocycles. The van der Waals surface area contributed by atoms with Gasteiger partial charge in [0.15, 0.2) is 0 Å². The number of rotatable bonds is 10. The lowest BCUT2D eigenvalue weighted by atomic mass is 10.0. The summed E-state index contributed by atoms with van der Waals surface area (Å²) < 4.78 is 0. The third-order valence-corrected chi connectivity index (χ3v) is 6.49. The van der Waals surface area contributed by atoms with Crippen molar-refractivity contribution in [2.75, 3.05) is 12.8 Å². The van der Waals surface area contributed by atoms with E-state index in [1.54, 1.807) is 11.9 Å². The Bertz CT molecular complexity index is 1010. The molecule has 1 N–H and O–H groups in total. The van der Waals surface area contributed by atoms with Gasteiger partial charge in [-0.15, -0.1) is 11.8 Å². The number of thioether (sulfide) groups is 1. The summed E-state index contributed by atoms with van der Waals surface area (Å²) in [6.45, 7) is 0.372. The smallest absolute Gasteiger partial charge is 0.242 e. The summed E-state index contributed by atoms with van der Waals surface area (Å²) in [6.07, 6.45) is 0.453. The molecular weight excluding hydrogens is 440 g/mol. The first-order chi connectivity index (χ1) is 15.6. The fourth-order valence-corrected chi connectivity index (χ4v) is 4.64. The fraction of sp³-hybridized carbons (Fsp3) is 0.231. The number of halogens is 1. The van der Waals surface area contributed by atoms with Gasteiger partial charge in [-0.2, -0.15) is 0 Å². The van der Waals surface area contributed by atoms with E-state index < -0.39 is 6.04 Å². The Morgan fingerprint density at radius 2 is 1.50 bits per heavy atom. The molecule has 0 bridgehead atoms. The summed E-state index contributed by atoms with van der Waals surface area (Å²) in [4.78, 5) is 27.9. The van der Waals surface area contributed by atoms with Gasteiger partial charge < -0.3 is 10.2 Å². The van der Waals surface area contributed by atoms with Gasteiger partial charge in [0.2, 0.25) is 11.8 Å². The van der Waals surface area contributed by atoms with Gasteiger partial charge in [0.1, 0.15) is 6.04 Å². The van der Waals surface area contributed by atoms with Crippen molar-refractivity contribution in [1.29, 1.82) is 0 Å². The summed E-state index contributed by atoms with van der Waals surface area (Å²) in [5.74, 6) is 0.651. The maximum Gasteiger partial charge on any atom is 0.242 e. The van der Waals surface area contributed by atoms with Gasteiger partial charge in [-0.1, -0.05) is 90.5 Å². The van der Waals surface area contributed by atoms with Crippen molar-refractivity contribution in [2.45, 2.75) is 24.8 Å². The summed E-state index contributed by atoms with van der Waals surface area (Å²) in [5, 5.41) is 3.43. The highest BCUT2D eigenvalue weighted by Crippen LogP contribution is 2.22. The van der Waals surface area contributed by atoms with E-state index in [1.807, 2.05) is 84.9 Å². The lowest BCUT2D eigenvalue weighted by Crippen LogP contribution is -2.50. The van der Waals surface area contributed by atoms with Gasteiger partial charge in [0.05, 0.1) is 5.75 Å². The molecule has 6 heteroatoms. The van der Waals surface area contributed by atoms with Crippen LogP contribution < -0.4 is 5.32 Å². The van der Waals surface area contributed by atoms with Crippen LogP contribution in [0.1, 0.15) is 16.7 Å². The molecule has 0 unspecified atom stereocenters. The highest BCUT2D eigenvalue weighted by molar-refractivity contribution is 7.99. The Morgan fingerprint density at radius 3 is 2.12 bits per heavy atom. The Morgan fingerprint density at radius 1 is 0.906 bits per heavy atom. The summed E-state index contributed by atoms with van der Waals surface area (Å²) >= 11 is 7.75. The third-order valence-electron chi connectivity index (χ3n) is 5.15. The number of hydrogen-bond donors (Lipinski definition) is 1. The van der Waals surface area contributed by atoms with E-state index in [0.29, 0.717) is 23.7 Å². The molecule has 0 saturated carbocycles. The molecule has 0 fully saturated rings. The van der Waals surface area contributed by atoms with E-state index in [1.165, 1.54) is 11.8 Å². The van der Waals surface area contributed by atoms with E-state index in [4.69, 9.17) is 11.6 Å². The largest absolute Gasteiger partial charge is 0.357 e. The second-order valence-electron chi connectivity index (χ2n) is 7.41. The molecule has 1 atom stereocenters. The summed E-state index contributed by atoms with van der Waals surface area (Å²) in [6, 6.07) is 26.6. The molecule has 4 nitrogen and oxygen atoms in total. The molecule has 0 radical (unpaired) electrons. The first kappa shape index (κ1) is 23.9. The Hall–Kier alpha value is -2.76. The number of nitrogens with one attached hydrogen (secondary N) is 1. The van der Waals surface area contributed by atoms with Crippen LogP contribution in [-0.4, -0.2) is 35.6 Å². The van der Waals surface area contributed by atoms with Gasteiger partial charge in [-0.3, -0.25) is 9.59 Å². The molecule has 0 aliphatic rings. The third kappa shape index (κ3) is 6.87. The van der Waals surface area contributed by atoms with Crippen LogP contribution in [0.4, 0.5) is 0 Å². The molecule has 0 aromatic heterocycles. The van der Waals surface area contributed by atoms with Crippen molar-refractivity contribution >= 4 is 35.2 Å². The molecule has 0 saturated heterocycles. The fourth-order valence-electron chi connectivity index (χ4n) is 3.45. The maximum atomic E-state index is 13.4. The van der Waals surface area contributed by atoms with E-state index in [2.05, 4.69) is 5.32 Å². The lowest BCUT2D eigenvalue weighted by Gasteiger charge is -2.31. The van der Waals surface area contributed by atoms with Crippen molar-refractivity contribution in [1.82, 2.24) is 10.2 Å². The first-order valence-electron chi connectivity index (χ1n) is 10.5. The monoisotopic (exact) mass is 466 g/mol. The number of carbonyl (C=O) groups is 2. The van der Waals surface area contributed by atoms with Crippen LogP contribution in [0.5, 0.6) is 0 Å². The average Bonchev–Trinajstić information content (AvgIpc) is 2.83. The molecule has 3 aromatic rings. The highest BCUT2D eigenvalue weighted by Gasteiger charge is 2.29. The zero-order valence-electron chi connectivity index (χ0n) is 18.0. The van der Waals surface area contributed by atoms with Crippen molar-refractivity contribution in [3.8, 4) is 0 Å². The number of benzene rings is 3. The zero-order valence-corrected chi connectivity index (χ0v) is 19.6. The predicted molar refractivity (Wildman–Crippen MR) is 133 cm³/mol. The van der Waals surface area contributed by atoms with E-state index in [-0.39, 0.29) is 17.6 Å².